The summed E-state index contributed by atoms with van der Waals surface area (Å²) in [6.45, 7) is 1.67. The minimum atomic E-state index is -1.02. The van der Waals surface area contributed by atoms with E-state index in [0.717, 1.165) is 31.8 Å². The molecule has 16 heavy (non-hydrogen) atoms. The highest BCUT2D eigenvalue weighted by Crippen LogP contribution is 2.27. The summed E-state index contributed by atoms with van der Waals surface area (Å²) in [6, 6.07) is 3.21. The van der Waals surface area contributed by atoms with Gasteiger partial charge in [0.1, 0.15) is 0 Å². The molecule has 1 aliphatic heterocycles. The van der Waals surface area contributed by atoms with E-state index >= 15 is 0 Å². The second kappa shape index (κ2) is 5.41. The van der Waals surface area contributed by atoms with Gasteiger partial charge in [-0.3, -0.25) is 0 Å². The Morgan fingerprint density at radius 1 is 1.44 bits per heavy atom. The topological polar surface area (TPSA) is 59.7 Å². The van der Waals surface area contributed by atoms with Crippen molar-refractivity contribution in [3.8, 4) is 0 Å². The first-order valence-corrected chi connectivity index (χ1v) is 6.28. The van der Waals surface area contributed by atoms with Crippen LogP contribution in [0.4, 0.5) is 0 Å². The Kier molecular flexibility index (Phi) is 3.90. The standard InChI is InChI=1S/C11H14O4S/c12-11(13)9-1-2-10(15-9)16-7-8-3-5-14-6-4-8/h1-2,8H,3-7H2,(H,12,13). The Morgan fingerprint density at radius 2 is 2.19 bits per heavy atom. The van der Waals surface area contributed by atoms with Crippen LogP contribution < -0.4 is 0 Å². The van der Waals surface area contributed by atoms with E-state index in [1.807, 2.05) is 0 Å². The Labute approximate surface area is 98.0 Å². The molecule has 0 atom stereocenters. The first-order chi connectivity index (χ1) is 7.75. The zero-order valence-electron chi connectivity index (χ0n) is 8.85. The number of carbonyl (C=O) groups is 1. The first kappa shape index (κ1) is 11.5. The fourth-order valence-electron chi connectivity index (χ4n) is 1.63. The average molecular weight is 242 g/mol. The fraction of sp³-hybridized carbons (Fsp3) is 0.545. The summed E-state index contributed by atoms with van der Waals surface area (Å²) in [5, 5.41) is 9.38. The molecule has 2 heterocycles. The van der Waals surface area contributed by atoms with Crippen molar-refractivity contribution in [2.75, 3.05) is 19.0 Å². The van der Waals surface area contributed by atoms with Crippen LogP contribution in [-0.4, -0.2) is 30.0 Å². The van der Waals surface area contributed by atoms with Gasteiger partial charge < -0.3 is 14.3 Å². The highest BCUT2D eigenvalue weighted by atomic mass is 32.2. The lowest BCUT2D eigenvalue weighted by Crippen LogP contribution is -2.17. The summed E-state index contributed by atoms with van der Waals surface area (Å²) < 4.78 is 10.4. The van der Waals surface area contributed by atoms with E-state index in [9.17, 15) is 4.79 Å². The van der Waals surface area contributed by atoms with Crippen LogP contribution in [-0.2, 0) is 4.74 Å². The molecule has 0 saturated carbocycles. The van der Waals surface area contributed by atoms with Crippen molar-refractivity contribution in [2.45, 2.75) is 17.9 Å². The van der Waals surface area contributed by atoms with Crippen molar-refractivity contribution in [2.24, 2.45) is 5.92 Å². The van der Waals surface area contributed by atoms with E-state index in [-0.39, 0.29) is 5.76 Å². The third-order valence-electron chi connectivity index (χ3n) is 2.59. The maximum Gasteiger partial charge on any atom is 0.371 e. The highest BCUT2D eigenvalue weighted by Gasteiger charge is 2.15. The van der Waals surface area contributed by atoms with Crippen molar-refractivity contribution in [3.63, 3.8) is 0 Å². The summed E-state index contributed by atoms with van der Waals surface area (Å²) in [5.74, 6) is 0.611. The molecule has 0 aromatic carbocycles. The normalized spacial score (nSPS) is 17.5. The lowest BCUT2D eigenvalue weighted by atomic mass is 10.0. The lowest BCUT2D eigenvalue weighted by Gasteiger charge is -2.20. The molecule has 1 N–H and O–H groups in total. The van der Waals surface area contributed by atoms with Gasteiger partial charge in [0.15, 0.2) is 5.09 Å². The first-order valence-electron chi connectivity index (χ1n) is 5.29. The Morgan fingerprint density at radius 3 is 2.81 bits per heavy atom. The van der Waals surface area contributed by atoms with Gasteiger partial charge in [0, 0.05) is 19.0 Å². The maximum atomic E-state index is 10.6. The van der Waals surface area contributed by atoms with Crippen molar-refractivity contribution in [3.05, 3.63) is 17.9 Å². The van der Waals surface area contributed by atoms with Crippen LogP contribution in [0.1, 0.15) is 23.4 Å². The van der Waals surface area contributed by atoms with E-state index in [2.05, 4.69) is 0 Å². The molecule has 88 valence electrons. The van der Waals surface area contributed by atoms with E-state index in [1.54, 1.807) is 17.8 Å². The van der Waals surface area contributed by atoms with Crippen molar-refractivity contribution >= 4 is 17.7 Å². The fourth-order valence-corrected chi connectivity index (χ4v) is 2.67. The summed E-state index contributed by atoms with van der Waals surface area (Å²) in [6.07, 6.45) is 2.17. The molecule has 5 heteroatoms. The van der Waals surface area contributed by atoms with Gasteiger partial charge in [-0.1, -0.05) is 11.8 Å². The monoisotopic (exact) mass is 242 g/mol. The second-order valence-electron chi connectivity index (χ2n) is 3.79. The van der Waals surface area contributed by atoms with Gasteiger partial charge in [0.25, 0.3) is 0 Å². The number of carboxylic acids is 1. The van der Waals surface area contributed by atoms with Crippen LogP contribution in [0.5, 0.6) is 0 Å². The van der Waals surface area contributed by atoms with Gasteiger partial charge in [-0.2, -0.15) is 0 Å². The number of carboxylic acid groups (broad SMARTS) is 1. The zero-order chi connectivity index (χ0) is 11.4. The van der Waals surface area contributed by atoms with Gasteiger partial charge in [-0.05, 0) is 30.9 Å². The molecular weight excluding hydrogens is 228 g/mol. The van der Waals surface area contributed by atoms with Crippen LogP contribution in [0.25, 0.3) is 0 Å². The Hall–Kier alpha value is -0.940. The number of furan rings is 1. The number of aromatic carboxylic acids is 1. The average Bonchev–Trinajstić information content (AvgIpc) is 2.76. The molecule has 0 bridgehead atoms. The summed E-state index contributed by atoms with van der Waals surface area (Å²) in [5.41, 5.74) is 0. The smallest absolute Gasteiger partial charge is 0.371 e. The molecule has 1 aromatic rings. The number of thioether (sulfide) groups is 1. The minimum absolute atomic E-state index is 0.00878. The predicted molar refractivity (Wildman–Crippen MR) is 59.9 cm³/mol. The van der Waals surface area contributed by atoms with E-state index < -0.39 is 5.97 Å². The molecule has 0 unspecified atom stereocenters. The van der Waals surface area contributed by atoms with Gasteiger partial charge in [-0.25, -0.2) is 4.79 Å². The second-order valence-corrected chi connectivity index (χ2v) is 4.81. The van der Waals surface area contributed by atoms with Gasteiger partial charge in [0.05, 0.1) is 0 Å². The third-order valence-corrected chi connectivity index (χ3v) is 3.74. The largest absolute Gasteiger partial charge is 0.475 e. The molecule has 0 amide bonds. The van der Waals surface area contributed by atoms with Crippen molar-refractivity contribution < 1.29 is 19.1 Å². The quantitative estimate of drug-likeness (QED) is 0.822. The lowest BCUT2D eigenvalue weighted by molar-refractivity contribution is 0.0656. The Bertz CT molecular complexity index is 355. The molecule has 2 rings (SSSR count). The SMILES string of the molecule is O=C(O)c1ccc(SCC2CCOCC2)o1. The molecule has 0 spiro atoms. The van der Waals surface area contributed by atoms with Crippen LogP contribution in [0.15, 0.2) is 21.6 Å². The molecular formula is C11H14O4S. The van der Waals surface area contributed by atoms with Crippen LogP contribution in [0.3, 0.4) is 0 Å². The number of hydrogen-bond acceptors (Lipinski definition) is 4. The minimum Gasteiger partial charge on any atom is -0.475 e. The number of rotatable bonds is 4. The predicted octanol–water partition coefficient (Wildman–Crippen LogP) is 2.50. The number of hydrogen-bond donors (Lipinski definition) is 1. The Balaban J connectivity index is 1.81. The zero-order valence-corrected chi connectivity index (χ0v) is 9.66. The van der Waals surface area contributed by atoms with Gasteiger partial charge in [-0.15, -0.1) is 0 Å². The van der Waals surface area contributed by atoms with Crippen LogP contribution >= 0.6 is 11.8 Å². The molecule has 1 aromatic heterocycles. The van der Waals surface area contributed by atoms with Gasteiger partial charge in [0.2, 0.25) is 5.76 Å². The van der Waals surface area contributed by atoms with Gasteiger partial charge >= 0.3 is 5.97 Å². The van der Waals surface area contributed by atoms with E-state index in [1.165, 1.54) is 6.07 Å². The summed E-state index contributed by atoms with van der Waals surface area (Å²) in [7, 11) is 0. The summed E-state index contributed by atoms with van der Waals surface area (Å²) >= 11 is 1.58. The van der Waals surface area contributed by atoms with E-state index in [4.69, 9.17) is 14.3 Å². The van der Waals surface area contributed by atoms with Crippen molar-refractivity contribution in [1.29, 1.82) is 0 Å². The molecule has 1 aliphatic rings. The molecule has 1 saturated heterocycles. The third kappa shape index (κ3) is 3.02. The molecule has 0 radical (unpaired) electrons. The van der Waals surface area contributed by atoms with Crippen molar-refractivity contribution in [1.82, 2.24) is 0 Å². The van der Waals surface area contributed by atoms with Crippen LogP contribution in [0, 0.1) is 5.92 Å². The molecule has 0 aliphatic carbocycles. The molecule has 1 fully saturated rings. The van der Waals surface area contributed by atoms with E-state index in [0.29, 0.717) is 11.0 Å². The van der Waals surface area contributed by atoms with Crippen LogP contribution in [0.2, 0.25) is 0 Å². The maximum absolute atomic E-state index is 10.6. The molecule has 4 nitrogen and oxygen atoms in total. The summed E-state index contributed by atoms with van der Waals surface area (Å²) in [4.78, 5) is 10.6. The number of ether oxygens (including phenoxy) is 1. The highest BCUT2D eigenvalue weighted by molar-refractivity contribution is 7.99.